The van der Waals surface area contributed by atoms with Gasteiger partial charge in [0.05, 0.1) is 22.3 Å². The molecule has 28 heavy (non-hydrogen) atoms. The van der Waals surface area contributed by atoms with Crippen LogP contribution in [0.15, 0.2) is 34.6 Å². The first-order valence-electron chi connectivity index (χ1n) is 9.04. The SMILES string of the molecule is Cn1c(=O)c(C(=O)NCC(=O)O)c(C2CCC2)c2cc(-c3cccs3)ncc21. The molecule has 3 aromatic rings. The second-order valence-electron chi connectivity index (χ2n) is 6.92. The molecule has 1 fully saturated rings. The van der Waals surface area contributed by atoms with Crippen molar-refractivity contribution in [3.63, 3.8) is 0 Å². The third-order valence-corrected chi connectivity index (χ3v) is 6.13. The zero-order chi connectivity index (χ0) is 19.8. The number of carboxylic acids is 1. The molecule has 0 bridgehead atoms. The lowest BCUT2D eigenvalue weighted by Crippen LogP contribution is -2.37. The van der Waals surface area contributed by atoms with Crippen LogP contribution in [0.1, 0.15) is 41.1 Å². The Bertz CT molecular complexity index is 1130. The molecule has 0 aliphatic heterocycles. The van der Waals surface area contributed by atoms with E-state index >= 15 is 0 Å². The Morgan fingerprint density at radius 1 is 1.39 bits per heavy atom. The predicted octanol–water partition coefficient (Wildman–Crippen LogP) is 2.74. The normalized spacial score (nSPS) is 14.0. The summed E-state index contributed by atoms with van der Waals surface area (Å²) in [4.78, 5) is 42.1. The Balaban J connectivity index is 1.96. The lowest BCUT2D eigenvalue weighted by atomic mass is 9.77. The highest BCUT2D eigenvalue weighted by Gasteiger charge is 2.30. The molecule has 144 valence electrons. The predicted molar refractivity (Wildman–Crippen MR) is 107 cm³/mol. The fourth-order valence-corrected chi connectivity index (χ4v) is 4.30. The molecule has 1 amide bonds. The summed E-state index contributed by atoms with van der Waals surface area (Å²) in [6, 6.07) is 5.86. The molecule has 0 spiro atoms. The smallest absolute Gasteiger partial charge is 0.322 e. The molecule has 1 saturated carbocycles. The van der Waals surface area contributed by atoms with Crippen molar-refractivity contribution in [1.82, 2.24) is 14.9 Å². The number of thiophene rings is 1. The van der Waals surface area contributed by atoms with Crippen LogP contribution in [0.3, 0.4) is 0 Å². The minimum Gasteiger partial charge on any atom is -0.480 e. The summed E-state index contributed by atoms with van der Waals surface area (Å²) in [5.41, 5.74) is 1.79. The number of nitrogens with zero attached hydrogens (tertiary/aromatic N) is 2. The van der Waals surface area contributed by atoms with Gasteiger partial charge in [0.25, 0.3) is 11.5 Å². The van der Waals surface area contributed by atoms with E-state index in [-0.39, 0.29) is 11.5 Å². The zero-order valence-corrected chi connectivity index (χ0v) is 16.1. The van der Waals surface area contributed by atoms with Crippen molar-refractivity contribution in [2.45, 2.75) is 25.2 Å². The molecule has 2 N–H and O–H groups in total. The van der Waals surface area contributed by atoms with E-state index in [0.29, 0.717) is 11.1 Å². The number of carbonyl (C=O) groups is 2. The molecular weight excluding hydrogens is 378 g/mol. The molecule has 1 aliphatic carbocycles. The van der Waals surface area contributed by atoms with E-state index in [9.17, 15) is 14.4 Å². The van der Waals surface area contributed by atoms with Crippen LogP contribution in [0.4, 0.5) is 0 Å². The van der Waals surface area contributed by atoms with Crippen LogP contribution in [0.2, 0.25) is 0 Å². The molecule has 3 aromatic heterocycles. The van der Waals surface area contributed by atoms with Crippen LogP contribution in [0.25, 0.3) is 21.5 Å². The van der Waals surface area contributed by atoms with Gasteiger partial charge in [-0.1, -0.05) is 12.5 Å². The number of rotatable bonds is 5. The van der Waals surface area contributed by atoms with E-state index in [1.807, 2.05) is 23.6 Å². The lowest BCUT2D eigenvalue weighted by molar-refractivity contribution is -0.135. The van der Waals surface area contributed by atoms with Crippen molar-refractivity contribution in [3.8, 4) is 10.6 Å². The Morgan fingerprint density at radius 3 is 2.79 bits per heavy atom. The van der Waals surface area contributed by atoms with Gasteiger partial charge in [0.2, 0.25) is 0 Å². The Kier molecular flexibility index (Phi) is 4.72. The largest absolute Gasteiger partial charge is 0.480 e. The van der Waals surface area contributed by atoms with Gasteiger partial charge in [0, 0.05) is 12.4 Å². The van der Waals surface area contributed by atoms with Crippen LogP contribution in [0.5, 0.6) is 0 Å². The number of hydrogen-bond donors (Lipinski definition) is 2. The van der Waals surface area contributed by atoms with Crippen molar-refractivity contribution >= 4 is 34.1 Å². The molecule has 0 saturated heterocycles. The molecule has 8 heteroatoms. The van der Waals surface area contributed by atoms with Gasteiger partial charge in [-0.25, -0.2) is 0 Å². The van der Waals surface area contributed by atoms with Crippen LogP contribution in [-0.4, -0.2) is 33.1 Å². The van der Waals surface area contributed by atoms with E-state index in [4.69, 9.17) is 5.11 Å². The summed E-state index contributed by atoms with van der Waals surface area (Å²) in [5, 5.41) is 14.0. The van der Waals surface area contributed by atoms with E-state index in [1.54, 1.807) is 24.6 Å². The lowest BCUT2D eigenvalue weighted by Gasteiger charge is -2.29. The summed E-state index contributed by atoms with van der Waals surface area (Å²) < 4.78 is 1.42. The van der Waals surface area contributed by atoms with Gasteiger partial charge in [-0.15, -0.1) is 11.3 Å². The van der Waals surface area contributed by atoms with E-state index in [2.05, 4.69) is 10.3 Å². The van der Waals surface area contributed by atoms with E-state index in [1.165, 1.54) is 4.57 Å². The molecule has 0 atom stereocenters. The van der Waals surface area contributed by atoms with Gasteiger partial charge >= 0.3 is 5.97 Å². The van der Waals surface area contributed by atoms with Crippen molar-refractivity contribution in [2.24, 2.45) is 7.05 Å². The number of aromatic nitrogens is 2. The number of aryl methyl sites for hydroxylation is 1. The number of aliphatic carboxylic acids is 1. The minimum absolute atomic E-state index is 0.0456. The number of amides is 1. The summed E-state index contributed by atoms with van der Waals surface area (Å²) in [7, 11) is 1.61. The first-order valence-corrected chi connectivity index (χ1v) is 9.92. The third kappa shape index (κ3) is 3.09. The molecule has 3 heterocycles. The zero-order valence-electron chi connectivity index (χ0n) is 15.3. The number of fused-ring (bicyclic) bond motifs is 1. The quantitative estimate of drug-likeness (QED) is 0.689. The van der Waals surface area contributed by atoms with E-state index < -0.39 is 24.0 Å². The van der Waals surface area contributed by atoms with Crippen LogP contribution >= 0.6 is 11.3 Å². The van der Waals surface area contributed by atoms with Gasteiger partial charge in [-0.2, -0.15) is 0 Å². The summed E-state index contributed by atoms with van der Waals surface area (Å²) >= 11 is 1.57. The molecule has 1 aliphatic rings. The first-order chi connectivity index (χ1) is 13.5. The molecule has 7 nitrogen and oxygen atoms in total. The number of nitrogens with one attached hydrogen (secondary N) is 1. The Labute approximate surface area is 164 Å². The van der Waals surface area contributed by atoms with Crippen molar-refractivity contribution in [3.05, 3.63) is 51.3 Å². The average molecular weight is 397 g/mol. The number of hydrogen-bond acceptors (Lipinski definition) is 5. The van der Waals surface area contributed by atoms with Gasteiger partial charge in [-0.05, 0) is 41.8 Å². The topological polar surface area (TPSA) is 101 Å². The monoisotopic (exact) mass is 397 g/mol. The van der Waals surface area contributed by atoms with Crippen molar-refractivity contribution < 1.29 is 14.7 Å². The maximum absolute atomic E-state index is 13.0. The average Bonchev–Trinajstić information content (AvgIpc) is 3.17. The van der Waals surface area contributed by atoms with Gasteiger partial charge in [-0.3, -0.25) is 19.4 Å². The Hall–Kier alpha value is -3.00. The van der Waals surface area contributed by atoms with Crippen molar-refractivity contribution in [2.75, 3.05) is 6.54 Å². The maximum atomic E-state index is 13.0. The summed E-state index contributed by atoms with van der Waals surface area (Å²) in [5.74, 6) is -1.68. The van der Waals surface area contributed by atoms with Crippen LogP contribution in [-0.2, 0) is 11.8 Å². The van der Waals surface area contributed by atoms with E-state index in [0.717, 1.165) is 35.2 Å². The number of carbonyl (C=O) groups excluding carboxylic acids is 1. The highest BCUT2D eigenvalue weighted by atomic mass is 32.1. The molecule has 0 aromatic carbocycles. The third-order valence-electron chi connectivity index (χ3n) is 5.24. The molecular formula is C20H19N3O4S. The Morgan fingerprint density at radius 2 is 2.18 bits per heavy atom. The van der Waals surface area contributed by atoms with Gasteiger partial charge in [0.1, 0.15) is 12.1 Å². The second kappa shape index (κ2) is 7.20. The van der Waals surface area contributed by atoms with Crippen molar-refractivity contribution in [1.29, 1.82) is 0 Å². The first kappa shape index (κ1) is 18.4. The standard InChI is InChI=1S/C20H19N3O4S/c1-23-14-9-21-13(15-6-3-7-28-15)8-12(14)17(11-4-2-5-11)18(20(23)27)19(26)22-10-16(24)25/h3,6-9,11H,2,4-5,10H2,1H3,(H,22,26)(H,24,25). The number of carboxylic acid groups (broad SMARTS) is 1. The minimum atomic E-state index is -1.15. The fraction of sp³-hybridized carbons (Fsp3) is 0.300. The number of pyridine rings is 2. The molecule has 4 rings (SSSR count). The van der Waals surface area contributed by atoms with Gasteiger partial charge in [0.15, 0.2) is 0 Å². The fourth-order valence-electron chi connectivity index (χ4n) is 3.60. The van der Waals surface area contributed by atoms with Crippen LogP contribution < -0.4 is 10.9 Å². The maximum Gasteiger partial charge on any atom is 0.322 e. The van der Waals surface area contributed by atoms with Crippen LogP contribution in [0, 0.1) is 0 Å². The highest BCUT2D eigenvalue weighted by molar-refractivity contribution is 7.13. The van der Waals surface area contributed by atoms with Gasteiger partial charge < -0.3 is 15.0 Å². The second-order valence-corrected chi connectivity index (χ2v) is 7.87. The summed E-state index contributed by atoms with van der Waals surface area (Å²) in [6.45, 7) is -0.527. The summed E-state index contributed by atoms with van der Waals surface area (Å²) in [6.07, 6.45) is 4.52. The highest BCUT2D eigenvalue weighted by Crippen LogP contribution is 2.41. The molecule has 0 radical (unpaired) electrons. The molecule has 0 unspecified atom stereocenters.